The zero-order valence-corrected chi connectivity index (χ0v) is 11.0. The lowest BCUT2D eigenvalue weighted by molar-refractivity contribution is -0.102. The fourth-order valence-electron chi connectivity index (χ4n) is 3.32. The van der Waals surface area contributed by atoms with Crippen LogP contribution < -0.4 is 0 Å². The second kappa shape index (κ2) is 6.17. The Morgan fingerprint density at radius 2 is 2.12 bits per heavy atom. The smallest absolute Gasteiger partial charge is 0.0936 e. The monoisotopic (exact) mass is 242 g/mol. The van der Waals surface area contributed by atoms with Gasteiger partial charge in [-0.25, -0.2) is 0 Å². The van der Waals surface area contributed by atoms with Crippen LogP contribution in [-0.4, -0.2) is 36.6 Å². The first-order chi connectivity index (χ1) is 8.27. The maximum atomic E-state index is 10.3. The lowest BCUT2D eigenvalue weighted by atomic mass is 9.90. The third-order valence-electron chi connectivity index (χ3n) is 4.49. The molecule has 2 rings (SSSR count). The Kier molecular flexibility index (Phi) is 4.83. The van der Waals surface area contributed by atoms with Crippen molar-refractivity contribution in [1.82, 2.24) is 0 Å². The van der Waals surface area contributed by atoms with Crippen LogP contribution in [-0.2, 0) is 9.47 Å². The normalized spacial score (nSPS) is 29.6. The number of rotatable bonds is 6. The molecule has 1 heterocycles. The molecule has 0 aromatic rings. The minimum atomic E-state index is -0.295. The van der Waals surface area contributed by atoms with Gasteiger partial charge in [0.05, 0.1) is 17.8 Å². The number of methoxy groups -OCH3 is 1. The van der Waals surface area contributed by atoms with E-state index in [1.165, 1.54) is 25.7 Å². The number of hydrogen-bond donors (Lipinski definition) is 1. The van der Waals surface area contributed by atoms with Crippen molar-refractivity contribution in [2.45, 2.75) is 75.6 Å². The maximum absolute atomic E-state index is 10.3. The molecule has 2 fully saturated rings. The number of aliphatic hydroxyl groups is 1. The van der Waals surface area contributed by atoms with Crippen molar-refractivity contribution >= 4 is 0 Å². The Morgan fingerprint density at radius 1 is 1.35 bits per heavy atom. The molecule has 0 amide bonds. The Hall–Kier alpha value is -0.120. The predicted molar refractivity (Wildman–Crippen MR) is 67.0 cm³/mol. The summed E-state index contributed by atoms with van der Waals surface area (Å²) in [6.45, 7) is 0.926. The molecule has 2 unspecified atom stereocenters. The summed E-state index contributed by atoms with van der Waals surface area (Å²) in [5.41, 5.74) is -0.240. The fraction of sp³-hybridized carbons (Fsp3) is 1.00. The van der Waals surface area contributed by atoms with E-state index in [9.17, 15) is 5.11 Å². The molecular formula is C14H26O3. The number of aliphatic hydroxyl groups excluding tert-OH is 1. The molecule has 1 saturated carbocycles. The first-order valence-electron chi connectivity index (χ1n) is 7.12. The largest absolute Gasteiger partial charge is 0.390 e. The van der Waals surface area contributed by atoms with Crippen LogP contribution in [0, 0.1) is 0 Å². The molecule has 3 nitrogen and oxygen atoms in total. The average molecular weight is 242 g/mol. The first-order valence-corrected chi connectivity index (χ1v) is 7.12. The lowest BCUT2D eigenvalue weighted by Gasteiger charge is -2.33. The third kappa shape index (κ3) is 3.21. The Labute approximate surface area is 104 Å². The van der Waals surface area contributed by atoms with E-state index in [1.807, 2.05) is 0 Å². The number of ether oxygens (including phenoxy) is 2. The molecule has 0 aromatic heterocycles. The molecule has 1 aliphatic heterocycles. The maximum Gasteiger partial charge on any atom is 0.0936 e. The van der Waals surface area contributed by atoms with E-state index in [0.717, 1.165) is 38.7 Å². The van der Waals surface area contributed by atoms with Gasteiger partial charge >= 0.3 is 0 Å². The zero-order valence-electron chi connectivity index (χ0n) is 11.0. The fourth-order valence-corrected chi connectivity index (χ4v) is 3.32. The van der Waals surface area contributed by atoms with Crippen LogP contribution in [0.5, 0.6) is 0 Å². The Morgan fingerprint density at radius 3 is 2.71 bits per heavy atom. The molecule has 1 N–H and O–H groups in total. The van der Waals surface area contributed by atoms with Gasteiger partial charge in [0.15, 0.2) is 0 Å². The van der Waals surface area contributed by atoms with E-state index in [4.69, 9.17) is 9.47 Å². The van der Waals surface area contributed by atoms with E-state index >= 15 is 0 Å². The molecule has 2 atom stereocenters. The highest BCUT2D eigenvalue weighted by atomic mass is 16.5. The molecule has 100 valence electrons. The summed E-state index contributed by atoms with van der Waals surface area (Å²) in [6.07, 6.45) is 9.98. The molecule has 1 saturated heterocycles. The third-order valence-corrected chi connectivity index (χ3v) is 4.49. The van der Waals surface area contributed by atoms with Gasteiger partial charge < -0.3 is 14.6 Å². The van der Waals surface area contributed by atoms with Crippen molar-refractivity contribution in [2.24, 2.45) is 0 Å². The highest BCUT2D eigenvalue weighted by Crippen LogP contribution is 2.37. The molecular weight excluding hydrogens is 216 g/mol. The van der Waals surface area contributed by atoms with Crippen molar-refractivity contribution in [2.75, 3.05) is 13.7 Å². The van der Waals surface area contributed by atoms with Crippen LogP contribution in [0.2, 0.25) is 0 Å². The van der Waals surface area contributed by atoms with E-state index in [1.54, 1.807) is 7.11 Å². The van der Waals surface area contributed by atoms with Crippen LogP contribution in [0.25, 0.3) is 0 Å². The van der Waals surface area contributed by atoms with E-state index in [2.05, 4.69) is 0 Å². The van der Waals surface area contributed by atoms with Crippen molar-refractivity contribution < 1.29 is 14.6 Å². The van der Waals surface area contributed by atoms with Gasteiger partial charge in [-0.05, 0) is 44.9 Å². The summed E-state index contributed by atoms with van der Waals surface area (Å²) in [5, 5.41) is 10.3. The first kappa shape index (κ1) is 13.3. The van der Waals surface area contributed by atoms with Crippen LogP contribution in [0.4, 0.5) is 0 Å². The lowest BCUT2D eigenvalue weighted by Crippen LogP contribution is -2.41. The van der Waals surface area contributed by atoms with Crippen LogP contribution in [0.3, 0.4) is 0 Å². The van der Waals surface area contributed by atoms with Gasteiger partial charge in [0.2, 0.25) is 0 Å². The molecule has 17 heavy (non-hydrogen) atoms. The average Bonchev–Trinajstić information content (AvgIpc) is 3.00. The molecule has 0 bridgehead atoms. The standard InChI is InChI=1S/C14H26O3/c1-16-14(9-2-3-10-14)13(15)8-4-6-12-7-5-11-17-12/h12-13,15H,2-11H2,1H3. The van der Waals surface area contributed by atoms with Gasteiger partial charge in [-0.3, -0.25) is 0 Å². The quantitative estimate of drug-likeness (QED) is 0.778. The van der Waals surface area contributed by atoms with Gasteiger partial charge in [0, 0.05) is 13.7 Å². The number of hydrogen-bond acceptors (Lipinski definition) is 3. The van der Waals surface area contributed by atoms with Crippen molar-refractivity contribution in [1.29, 1.82) is 0 Å². The van der Waals surface area contributed by atoms with Crippen LogP contribution >= 0.6 is 0 Å². The van der Waals surface area contributed by atoms with Gasteiger partial charge in [0.1, 0.15) is 0 Å². The molecule has 2 aliphatic rings. The minimum Gasteiger partial charge on any atom is -0.390 e. The molecule has 0 aromatic carbocycles. The van der Waals surface area contributed by atoms with Crippen molar-refractivity contribution in [3.05, 3.63) is 0 Å². The van der Waals surface area contributed by atoms with E-state index < -0.39 is 0 Å². The van der Waals surface area contributed by atoms with Gasteiger partial charge in [0.25, 0.3) is 0 Å². The summed E-state index contributed by atoms with van der Waals surface area (Å²) in [4.78, 5) is 0. The summed E-state index contributed by atoms with van der Waals surface area (Å²) >= 11 is 0. The highest BCUT2D eigenvalue weighted by molar-refractivity contribution is 4.92. The summed E-state index contributed by atoms with van der Waals surface area (Å²) < 4.78 is 11.2. The SMILES string of the molecule is COC1(C(O)CCCC2CCCO2)CCCC1. The van der Waals surface area contributed by atoms with Crippen molar-refractivity contribution in [3.63, 3.8) is 0 Å². The summed E-state index contributed by atoms with van der Waals surface area (Å²) in [5.74, 6) is 0. The second-order valence-electron chi connectivity index (χ2n) is 5.56. The van der Waals surface area contributed by atoms with E-state index in [0.29, 0.717) is 6.10 Å². The molecule has 0 radical (unpaired) electrons. The Balaban J connectivity index is 1.70. The van der Waals surface area contributed by atoms with Crippen LogP contribution in [0.15, 0.2) is 0 Å². The molecule has 3 heteroatoms. The zero-order chi connectivity index (χ0) is 12.1. The van der Waals surface area contributed by atoms with Gasteiger partial charge in [-0.15, -0.1) is 0 Å². The van der Waals surface area contributed by atoms with Crippen LogP contribution in [0.1, 0.15) is 57.8 Å². The molecule has 0 spiro atoms. The van der Waals surface area contributed by atoms with Gasteiger partial charge in [-0.2, -0.15) is 0 Å². The predicted octanol–water partition coefficient (Wildman–Crippen LogP) is 2.66. The topological polar surface area (TPSA) is 38.7 Å². The highest BCUT2D eigenvalue weighted by Gasteiger charge is 2.40. The minimum absolute atomic E-state index is 0.240. The summed E-state index contributed by atoms with van der Waals surface area (Å²) in [6, 6.07) is 0. The van der Waals surface area contributed by atoms with Crippen molar-refractivity contribution in [3.8, 4) is 0 Å². The van der Waals surface area contributed by atoms with Gasteiger partial charge in [-0.1, -0.05) is 12.8 Å². The van der Waals surface area contributed by atoms with E-state index in [-0.39, 0.29) is 11.7 Å². The second-order valence-corrected chi connectivity index (χ2v) is 5.56. The Bertz CT molecular complexity index is 218. The summed E-state index contributed by atoms with van der Waals surface area (Å²) in [7, 11) is 1.74. The molecule has 1 aliphatic carbocycles.